The van der Waals surface area contributed by atoms with Crippen LogP contribution in [0.25, 0.3) is 10.9 Å². The first-order chi connectivity index (χ1) is 27.3. The van der Waals surface area contributed by atoms with Gasteiger partial charge in [-0.25, -0.2) is 4.79 Å². The number of nitrogens with two attached hydrogens (primary N) is 2. The molecule has 0 aliphatic heterocycles. The molecule has 0 radical (unpaired) electrons. The zero-order valence-corrected chi connectivity index (χ0v) is 31.2. The standard InChI is InChI=1S/C40H50N8O9/c41-40(42)44-18-9-16-29(37(54)48-35(39(56)57)36(53)25-12-5-2-6-13-25)46-34(52)22-31(49)30(21-26-23-45-28-15-8-7-14-27(26)28)47-33(51)17-19-43-38(55)32(50)20-24-10-3-1-4-11-24/h1-8,10-15,23,29-32,35-36,45,49-50,53H,9,16-22H2,(H,43,55)(H,46,52)(H,47,51)(H,48,54)(H,56,57)(H4,41,42,44)/t29-,30-,31+,32-,35-,36-/m1/s1. The third-order valence-corrected chi connectivity index (χ3v) is 9.16. The zero-order valence-electron chi connectivity index (χ0n) is 31.2. The van der Waals surface area contributed by atoms with Gasteiger partial charge in [0, 0.05) is 43.0 Å². The van der Waals surface area contributed by atoms with Gasteiger partial charge in [-0.15, -0.1) is 0 Å². The molecular weight excluding hydrogens is 736 g/mol. The first-order valence-electron chi connectivity index (χ1n) is 18.5. The number of aromatic nitrogens is 1. The average Bonchev–Trinajstić information content (AvgIpc) is 3.60. The molecule has 1 aromatic heterocycles. The first kappa shape index (κ1) is 43.4. The second-order valence-corrected chi connectivity index (χ2v) is 13.5. The number of aliphatic hydroxyl groups excluding tert-OH is 3. The molecule has 17 nitrogen and oxygen atoms in total. The molecule has 0 spiro atoms. The second-order valence-electron chi connectivity index (χ2n) is 13.5. The monoisotopic (exact) mass is 786 g/mol. The van der Waals surface area contributed by atoms with Crippen LogP contribution in [0.15, 0.2) is 96.1 Å². The first-order valence-corrected chi connectivity index (χ1v) is 18.5. The molecule has 3 aromatic carbocycles. The SMILES string of the molecule is NC(N)=NCCC[C@@H](NC(=O)C[C@H](O)[C@@H](Cc1c[nH]c2ccccc12)NC(=O)CCNC(=O)[C@H](O)Cc1ccccc1)C(=O)N[C@@H](C(=O)O)[C@H](O)c1ccccc1. The number of amides is 4. The number of nitrogens with zero attached hydrogens (tertiary/aromatic N) is 1. The van der Waals surface area contributed by atoms with Crippen molar-refractivity contribution >= 4 is 46.5 Å². The van der Waals surface area contributed by atoms with E-state index in [4.69, 9.17) is 11.5 Å². The molecule has 304 valence electrons. The van der Waals surface area contributed by atoms with E-state index in [0.717, 1.165) is 22.0 Å². The quantitative estimate of drug-likeness (QED) is 0.0284. The Hall–Kier alpha value is -6.30. The summed E-state index contributed by atoms with van der Waals surface area (Å²) in [5.41, 5.74) is 13.4. The van der Waals surface area contributed by atoms with Crippen LogP contribution in [0, 0.1) is 0 Å². The molecule has 6 atom stereocenters. The van der Waals surface area contributed by atoms with E-state index in [0.29, 0.717) is 0 Å². The number of aliphatic carboxylic acids is 1. The molecule has 0 unspecified atom stereocenters. The number of fused-ring (bicyclic) bond motifs is 1. The summed E-state index contributed by atoms with van der Waals surface area (Å²) in [5.74, 6) is -4.61. The molecule has 17 heteroatoms. The van der Waals surface area contributed by atoms with Gasteiger partial charge in [0.15, 0.2) is 12.0 Å². The van der Waals surface area contributed by atoms with Gasteiger partial charge >= 0.3 is 5.97 Å². The molecule has 4 amide bonds. The highest BCUT2D eigenvalue weighted by molar-refractivity contribution is 5.91. The fourth-order valence-corrected chi connectivity index (χ4v) is 6.18. The summed E-state index contributed by atoms with van der Waals surface area (Å²) in [6.45, 7) is -0.0232. The van der Waals surface area contributed by atoms with Gasteiger partial charge in [0.2, 0.25) is 23.6 Å². The minimum Gasteiger partial charge on any atom is -0.480 e. The summed E-state index contributed by atoms with van der Waals surface area (Å²) < 4.78 is 0. The summed E-state index contributed by atoms with van der Waals surface area (Å²) in [4.78, 5) is 71.7. The van der Waals surface area contributed by atoms with Crippen molar-refractivity contribution in [3.05, 3.63) is 108 Å². The number of aromatic amines is 1. The van der Waals surface area contributed by atoms with Crippen LogP contribution in [0.3, 0.4) is 0 Å². The number of aliphatic hydroxyl groups is 3. The number of hydrogen-bond acceptors (Lipinski definition) is 9. The van der Waals surface area contributed by atoms with Crippen LogP contribution in [0.1, 0.15) is 48.5 Å². The minimum absolute atomic E-state index is 0.0422. The Labute approximate surface area is 328 Å². The normalized spacial score (nSPS) is 14.2. The topological polar surface area (TPSA) is 295 Å². The number of benzene rings is 3. The number of nitrogens with one attached hydrogen (secondary N) is 5. The number of para-hydroxylation sites is 1. The number of carbonyl (C=O) groups is 5. The average molecular weight is 787 g/mol. The van der Waals surface area contributed by atoms with Gasteiger partial charge in [-0.3, -0.25) is 24.2 Å². The van der Waals surface area contributed by atoms with E-state index >= 15 is 0 Å². The number of carbonyl (C=O) groups excluding carboxylic acids is 4. The van der Waals surface area contributed by atoms with Crippen molar-refractivity contribution in [3.63, 3.8) is 0 Å². The molecule has 13 N–H and O–H groups in total. The van der Waals surface area contributed by atoms with E-state index < -0.39 is 72.5 Å². The lowest BCUT2D eigenvalue weighted by Crippen LogP contribution is -2.54. The van der Waals surface area contributed by atoms with Crippen LogP contribution in [-0.2, 0) is 36.8 Å². The highest BCUT2D eigenvalue weighted by Crippen LogP contribution is 2.21. The van der Waals surface area contributed by atoms with Gasteiger partial charge in [-0.2, -0.15) is 0 Å². The third-order valence-electron chi connectivity index (χ3n) is 9.16. The van der Waals surface area contributed by atoms with Crippen molar-refractivity contribution in [1.82, 2.24) is 26.3 Å². The number of guanidine groups is 1. The lowest BCUT2D eigenvalue weighted by atomic mass is 9.98. The van der Waals surface area contributed by atoms with Crippen molar-refractivity contribution < 1.29 is 44.4 Å². The Morgan fingerprint density at radius 3 is 2.12 bits per heavy atom. The number of hydrogen-bond donors (Lipinski definition) is 11. The Balaban J connectivity index is 1.43. The molecule has 0 fully saturated rings. The Morgan fingerprint density at radius 2 is 1.44 bits per heavy atom. The van der Waals surface area contributed by atoms with Gasteiger partial charge < -0.3 is 58.1 Å². The minimum atomic E-state index is -1.77. The molecule has 4 aromatic rings. The van der Waals surface area contributed by atoms with Crippen LogP contribution in [0.2, 0.25) is 0 Å². The number of H-pyrrole nitrogens is 1. The Kier molecular flexibility index (Phi) is 16.5. The maximum atomic E-state index is 13.5. The number of carboxylic acids is 1. The maximum absolute atomic E-state index is 13.5. The van der Waals surface area contributed by atoms with E-state index in [1.54, 1.807) is 48.7 Å². The van der Waals surface area contributed by atoms with Gasteiger partial charge in [-0.05, 0) is 42.0 Å². The molecule has 0 saturated heterocycles. The third kappa shape index (κ3) is 13.7. The number of aliphatic imine (C=N–C) groups is 1. The number of rotatable bonds is 22. The Bertz CT molecular complexity index is 1970. The lowest BCUT2D eigenvalue weighted by molar-refractivity contribution is -0.145. The molecule has 0 bridgehead atoms. The summed E-state index contributed by atoms with van der Waals surface area (Å²) in [6.07, 6.45) is -3.16. The highest BCUT2D eigenvalue weighted by atomic mass is 16.4. The smallest absolute Gasteiger partial charge is 0.329 e. The van der Waals surface area contributed by atoms with Crippen molar-refractivity contribution in [2.45, 2.75) is 75.0 Å². The van der Waals surface area contributed by atoms with Crippen LogP contribution in [-0.4, -0.2) is 104 Å². The summed E-state index contributed by atoms with van der Waals surface area (Å²) in [7, 11) is 0. The Morgan fingerprint density at radius 1 is 0.772 bits per heavy atom. The predicted molar refractivity (Wildman–Crippen MR) is 211 cm³/mol. The van der Waals surface area contributed by atoms with Gasteiger partial charge in [0.1, 0.15) is 18.2 Å². The van der Waals surface area contributed by atoms with Crippen molar-refractivity contribution in [3.8, 4) is 0 Å². The van der Waals surface area contributed by atoms with Crippen LogP contribution >= 0.6 is 0 Å². The fraction of sp³-hybridized carbons (Fsp3) is 0.350. The molecule has 57 heavy (non-hydrogen) atoms. The summed E-state index contributed by atoms with van der Waals surface area (Å²) >= 11 is 0. The molecule has 4 rings (SSSR count). The predicted octanol–water partition coefficient (Wildman–Crippen LogP) is -0.102. The van der Waals surface area contributed by atoms with Gasteiger partial charge in [0.05, 0.1) is 18.6 Å². The highest BCUT2D eigenvalue weighted by Gasteiger charge is 2.33. The van der Waals surface area contributed by atoms with Gasteiger partial charge in [-0.1, -0.05) is 78.9 Å². The van der Waals surface area contributed by atoms with Crippen LogP contribution in [0.4, 0.5) is 0 Å². The van der Waals surface area contributed by atoms with E-state index in [-0.39, 0.29) is 56.7 Å². The van der Waals surface area contributed by atoms with Crippen molar-refractivity contribution in [2.75, 3.05) is 13.1 Å². The summed E-state index contributed by atoms with van der Waals surface area (Å²) in [5, 5.41) is 53.4. The zero-order chi connectivity index (χ0) is 41.3. The second kappa shape index (κ2) is 21.7. The van der Waals surface area contributed by atoms with Crippen molar-refractivity contribution in [1.29, 1.82) is 0 Å². The fourth-order valence-electron chi connectivity index (χ4n) is 6.18. The van der Waals surface area contributed by atoms with Gasteiger partial charge in [0.25, 0.3) is 0 Å². The van der Waals surface area contributed by atoms with E-state index in [1.165, 1.54) is 12.1 Å². The van der Waals surface area contributed by atoms with E-state index in [9.17, 15) is 44.4 Å². The van der Waals surface area contributed by atoms with E-state index in [1.807, 2.05) is 30.3 Å². The number of carboxylic acid groups (broad SMARTS) is 1. The molecule has 0 aliphatic carbocycles. The molecule has 0 saturated carbocycles. The molecular formula is C40H50N8O9. The summed E-state index contributed by atoms with van der Waals surface area (Å²) in [6, 6.07) is 20.1. The lowest BCUT2D eigenvalue weighted by Gasteiger charge is -2.26. The van der Waals surface area contributed by atoms with Crippen molar-refractivity contribution in [2.24, 2.45) is 16.5 Å². The maximum Gasteiger partial charge on any atom is 0.329 e. The van der Waals surface area contributed by atoms with E-state index in [2.05, 4.69) is 31.2 Å². The molecule has 0 aliphatic rings. The van der Waals surface area contributed by atoms with Crippen LogP contribution in [0.5, 0.6) is 0 Å². The molecule has 1 heterocycles. The van der Waals surface area contributed by atoms with Crippen LogP contribution < -0.4 is 32.7 Å². The largest absolute Gasteiger partial charge is 0.480 e.